The predicted molar refractivity (Wildman–Crippen MR) is 89.7 cm³/mol. The molecular weight excluding hydrogens is 331 g/mol. The molecule has 0 bridgehead atoms. The van der Waals surface area contributed by atoms with E-state index in [4.69, 9.17) is 4.74 Å². The quantitative estimate of drug-likeness (QED) is 0.899. The minimum atomic E-state index is -3.36. The van der Waals surface area contributed by atoms with Crippen LogP contribution in [0, 0.1) is 5.82 Å². The van der Waals surface area contributed by atoms with E-state index in [1.807, 2.05) is 0 Å². The van der Waals surface area contributed by atoms with E-state index in [2.05, 4.69) is 10.3 Å². The summed E-state index contributed by atoms with van der Waals surface area (Å²) in [5.74, 6) is 0.226. The summed E-state index contributed by atoms with van der Waals surface area (Å²) in [6.45, 7) is 1.40. The van der Waals surface area contributed by atoms with Gasteiger partial charge in [0.05, 0.1) is 11.4 Å². The van der Waals surface area contributed by atoms with Crippen LogP contribution in [0.4, 0.5) is 4.39 Å². The molecule has 2 aromatic rings. The first-order valence-electron chi connectivity index (χ1n) is 7.44. The van der Waals surface area contributed by atoms with Crippen LogP contribution in [0.5, 0.6) is 5.75 Å². The highest BCUT2D eigenvalue weighted by Gasteiger charge is 2.15. The van der Waals surface area contributed by atoms with Crippen LogP contribution >= 0.6 is 0 Å². The highest BCUT2D eigenvalue weighted by molar-refractivity contribution is 7.90. The number of rotatable bonds is 5. The van der Waals surface area contributed by atoms with Crippen LogP contribution in [0.3, 0.4) is 0 Å². The molecule has 3 rings (SSSR count). The Morgan fingerprint density at radius 3 is 2.71 bits per heavy atom. The minimum absolute atomic E-state index is 0.0291. The Balaban J connectivity index is 1.78. The van der Waals surface area contributed by atoms with Crippen molar-refractivity contribution in [1.82, 2.24) is 5.32 Å². The maximum Gasteiger partial charge on any atom is 0.175 e. The molecule has 0 spiro atoms. The summed E-state index contributed by atoms with van der Waals surface area (Å²) in [4.78, 5) is 4.43. The number of hydrogen-bond acceptors (Lipinski definition) is 5. The van der Waals surface area contributed by atoms with Gasteiger partial charge < -0.3 is 10.1 Å². The molecule has 0 radical (unpaired) electrons. The summed E-state index contributed by atoms with van der Waals surface area (Å²) in [6, 6.07) is 11.1. The van der Waals surface area contributed by atoms with E-state index in [-0.39, 0.29) is 17.3 Å². The van der Waals surface area contributed by atoms with E-state index in [0.29, 0.717) is 23.5 Å². The lowest BCUT2D eigenvalue weighted by molar-refractivity contribution is 0.287. The van der Waals surface area contributed by atoms with Gasteiger partial charge in [0.15, 0.2) is 21.4 Å². The Hall–Kier alpha value is -2.41. The smallest absolute Gasteiger partial charge is 0.175 e. The van der Waals surface area contributed by atoms with Crippen LogP contribution in [-0.4, -0.2) is 33.6 Å². The second kappa shape index (κ2) is 6.60. The molecule has 2 aromatic carbocycles. The molecule has 0 aromatic heterocycles. The topological polar surface area (TPSA) is 67.8 Å². The first-order chi connectivity index (χ1) is 11.4. The number of ether oxygens (including phenoxy) is 1. The summed E-state index contributed by atoms with van der Waals surface area (Å²) in [5, 5.41) is 3.08. The fourth-order valence-electron chi connectivity index (χ4n) is 2.50. The molecular formula is C17H17FN2O3S. The number of halogens is 1. The lowest BCUT2D eigenvalue weighted by Crippen LogP contribution is -2.19. The van der Waals surface area contributed by atoms with Crippen molar-refractivity contribution in [2.75, 3.05) is 19.3 Å². The second-order valence-corrected chi connectivity index (χ2v) is 7.46. The van der Waals surface area contributed by atoms with Gasteiger partial charge in [0.1, 0.15) is 12.4 Å². The normalized spacial score (nSPS) is 14.2. The van der Waals surface area contributed by atoms with E-state index >= 15 is 0 Å². The molecule has 126 valence electrons. The molecule has 1 N–H and O–H groups in total. The molecule has 0 saturated heterocycles. The Morgan fingerprint density at radius 1 is 1.25 bits per heavy atom. The van der Waals surface area contributed by atoms with Gasteiger partial charge >= 0.3 is 0 Å². The third-order valence-corrected chi connectivity index (χ3v) is 4.83. The third-order valence-electron chi connectivity index (χ3n) is 3.63. The minimum Gasteiger partial charge on any atom is -0.486 e. The number of hydrogen-bond donors (Lipinski definition) is 1. The fraction of sp³-hybridized carbons (Fsp3) is 0.235. The SMILES string of the molecule is CS(=O)(=O)c1ccccc1COc1ccc(C2=NCCN2)cc1F. The summed E-state index contributed by atoms with van der Waals surface area (Å²) in [7, 11) is -3.36. The Morgan fingerprint density at radius 2 is 2.04 bits per heavy atom. The van der Waals surface area contributed by atoms with E-state index in [1.54, 1.807) is 24.3 Å². The second-order valence-electron chi connectivity index (χ2n) is 5.47. The van der Waals surface area contributed by atoms with Gasteiger partial charge in [-0.25, -0.2) is 12.8 Å². The van der Waals surface area contributed by atoms with Crippen molar-refractivity contribution in [1.29, 1.82) is 0 Å². The van der Waals surface area contributed by atoms with Gasteiger partial charge in [-0.1, -0.05) is 18.2 Å². The Kier molecular flexibility index (Phi) is 4.53. The van der Waals surface area contributed by atoms with Crippen LogP contribution < -0.4 is 10.1 Å². The molecule has 24 heavy (non-hydrogen) atoms. The highest BCUT2D eigenvalue weighted by Crippen LogP contribution is 2.22. The van der Waals surface area contributed by atoms with Gasteiger partial charge in [-0.05, 0) is 24.3 Å². The molecule has 1 aliphatic rings. The fourth-order valence-corrected chi connectivity index (χ4v) is 3.43. The molecule has 5 nitrogen and oxygen atoms in total. The van der Waals surface area contributed by atoms with Gasteiger partial charge in [0, 0.05) is 23.9 Å². The zero-order chi connectivity index (χ0) is 17.2. The van der Waals surface area contributed by atoms with Crippen molar-refractivity contribution in [2.45, 2.75) is 11.5 Å². The number of benzene rings is 2. The first kappa shape index (κ1) is 16.4. The maximum atomic E-state index is 14.2. The number of sulfone groups is 1. The van der Waals surface area contributed by atoms with Crippen molar-refractivity contribution in [3.05, 3.63) is 59.4 Å². The van der Waals surface area contributed by atoms with E-state index in [1.165, 1.54) is 18.2 Å². The van der Waals surface area contributed by atoms with E-state index in [0.717, 1.165) is 12.8 Å². The molecule has 0 aliphatic carbocycles. The van der Waals surface area contributed by atoms with Crippen LogP contribution in [0.15, 0.2) is 52.4 Å². The molecule has 1 heterocycles. The molecule has 7 heteroatoms. The van der Waals surface area contributed by atoms with Gasteiger partial charge in [-0.3, -0.25) is 4.99 Å². The zero-order valence-corrected chi connectivity index (χ0v) is 13.9. The Bertz CT molecular complexity index is 894. The third kappa shape index (κ3) is 3.56. The average Bonchev–Trinajstić information content (AvgIpc) is 3.07. The van der Waals surface area contributed by atoms with Crippen LogP contribution in [-0.2, 0) is 16.4 Å². The van der Waals surface area contributed by atoms with Crippen molar-refractivity contribution < 1.29 is 17.5 Å². The van der Waals surface area contributed by atoms with Gasteiger partial charge in [0.2, 0.25) is 0 Å². The molecule has 0 saturated carbocycles. The maximum absolute atomic E-state index is 14.2. The summed E-state index contributed by atoms with van der Waals surface area (Å²) < 4.78 is 43.2. The lowest BCUT2D eigenvalue weighted by Gasteiger charge is -2.11. The summed E-state index contributed by atoms with van der Waals surface area (Å²) in [5.41, 5.74) is 1.15. The summed E-state index contributed by atoms with van der Waals surface area (Å²) >= 11 is 0. The number of aliphatic imine (C=N–C) groups is 1. The van der Waals surface area contributed by atoms with Gasteiger partial charge in [0.25, 0.3) is 0 Å². The number of nitrogens with zero attached hydrogens (tertiary/aromatic N) is 1. The van der Waals surface area contributed by atoms with Crippen molar-refractivity contribution in [3.63, 3.8) is 0 Å². The lowest BCUT2D eigenvalue weighted by atomic mass is 10.2. The standard InChI is InChI=1S/C17H17FN2O3S/c1-24(21,22)16-5-3-2-4-13(16)11-23-15-7-6-12(10-14(15)18)17-19-8-9-20-17/h2-7,10H,8-9,11H2,1H3,(H,19,20). The van der Waals surface area contributed by atoms with Crippen LogP contribution in [0.1, 0.15) is 11.1 Å². The van der Waals surface area contributed by atoms with Gasteiger partial charge in [-0.15, -0.1) is 0 Å². The molecule has 0 fully saturated rings. The van der Waals surface area contributed by atoms with Crippen LogP contribution in [0.2, 0.25) is 0 Å². The van der Waals surface area contributed by atoms with Crippen LogP contribution in [0.25, 0.3) is 0 Å². The van der Waals surface area contributed by atoms with E-state index in [9.17, 15) is 12.8 Å². The number of amidine groups is 1. The van der Waals surface area contributed by atoms with Gasteiger partial charge in [-0.2, -0.15) is 0 Å². The predicted octanol–water partition coefficient (Wildman–Crippen LogP) is 2.16. The zero-order valence-electron chi connectivity index (χ0n) is 13.1. The Labute approximate surface area is 140 Å². The molecule has 0 amide bonds. The molecule has 1 aliphatic heterocycles. The van der Waals surface area contributed by atoms with Crippen molar-refractivity contribution in [2.24, 2.45) is 4.99 Å². The molecule has 0 unspecified atom stereocenters. The van der Waals surface area contributed by atoms with Crippen molar-refractivity contribution in [3.8, 4) is 5.75 Å². The highest BCUT2D eigenvalue weighted by atomic mass is 32.2. The monoisotopic (exact) mass is 348 g/mol. The van der Waals surface area contributed by atoms with Crippen molar-refractivity contribution >= 4 is 15.7 Å². The summed E-state index contributed by atoms with van der Waals surface area (Å²) in [6.07, 6.45) is 1.14. The molecule has 0 atom stereocenters. The number of nitrogens with one attached hydrogen (secondary N) is 1. The average molecular weight is 348 g/mol. The largest absolute Gasteiger partial charge is 0.486 e. The first-order valence-corrected chi connectivity index (χ1v) is 9.33. The van der Waals surface area contributed by atoms with E-state index < -0.39 is 15.7 Å².